The highest BCUT2D eigenvalue weighted by atomic mass is 32.1. The lowest BCUT2D eigenvalue weighted by molar-refractivity contribution is -0.137. The average Bonchev–Trinajstić information content (AvgIpc) is 2.81. The van der Waals surface area contributed by atoms with Crippen molar-refractivity contribution < 1.29 is 14.7 Å². The Morgan fingerprint density at radius 3 is 2.84 bits per heavy atom. The van der Waals surface area contributed by atoms with Gasteiger partial charge in [0.25, 0.3) is 0 Å². The number of urea groups is 1. The van der Waals surface area contributed by atoms with Gasteiger partial charge in [-0.05, 0) is 36.8 Å². The zero-order chi connectivity index (χ0) is 14.3. The summed E-state index contributed by atoms with van der Waals surface area (Å²) in [5, 5.41) is 16.1. The van der Waals surface area contributed by atoms with Crippen molar-refractivity contribution in [2.24, 2.45) is 0 Å². The number of nitrogens with one attached hydrogen (secondary N) is 2. The van der Waals surface area contributed by atoms with Gasteiger partial charge >= 0.3 is 12.0 Å². The van der Waals surface area contributed by atoms with Gasteiger partial charge in [0.1, 0.15) is 0 Å². The minimum Gasteiger partial charge on any atom is -0.481 e. The number of carboxylic acid groups (broad SMARTS) is 1. The molecule has 0 aliphatic heterocycles. The Labute approximate surface area is 117 Å². The maximum absolute atomic E-state index is 11.6. The van der Waals surface area contributed by atoms with Gasteiger partial charge in [0, 0.05) is 17.3 Å². The average molecular weight is 284 g/mol. The molecule has 1 aromatic rings. The van der Waals surface area contributed by atoms with Crippen LogP contribution in [0.1, 0.15) is 37.1 Å². The van der Waals surface area contributed by atoms with E-state index in [0.29, 0.717) is 13.0 Å². The second-order valence-electron chi connectivity index (χ2n) is 4.38. The van der Waals surface area contributed by atoms with Gasteiger partial charge in [0.15, 0.2) is 0 Å². The van der Waals surface area contributed by atoms with Crippen LogP contribution in [0.2, 0.25) is 0 Å². The molecule has 0 fully saturated rings. The van der Waals surface area contributed by atoms with Crippen LogP contribution in [0.4, 0.5) is 4.79 Å². The summed E-state index contributed by atoms with van der Waals surface area (Å²) in [6, 6.07) is 1.66. The molecule has 19 heavy (non-hydrogen) atoms. The van der Waals surface area contributed by atoms with E-state index in [2.05, 4.69) is 23.6 Å². The predicted octanol–water partition coefficient (Wildman–Crippen LogP) is 2.36. The first kappa shape index (κ1) is 15.5. The molecule has 3 N–H and O–H groups in total. The Hall–Kier alpha value is -1.56. The van der Waals surface area contributed by atoms with Crippen molar-refractivity contribution in [2.45, 2.75) is 45.7 Å². The van der Waals surface area contributed by atoms with Crippen molar-refractivity contribution in [3.63, 3.8) is 0 Å². The Morgan fingerprint density at radius 2 is 2.21 bits per heavy atom. The lowest BCUT2D eigenvalue weighted by Gasteiger charge is -2.13. The summed E-state index contributed by atoms with van der Waals surface area (Å²) in [6.45, 7) is 4.39. The van der Waals surface area contributed by atoms with Crippen molar-refractivity contribution in [2.75, 3.05) is 0 Å². The van der Waals surface area contributed by atoms with E-state index >= 15 is 0 Å². The lowest BCUT2D eigenvalue weighted by Crippen LogP contribution is -2.40. The normalized spacial score (nSPS) is 11.9. The number of thiophene rings is 1. The molecular formula is C13H20N2O3S. The zero-order valence-corrected chi connectivity index (χ0v) is 12.0. The molecule has 0 saturated heterocycles. The monoisotopic (exact) mass is 284 g/mol. The number of hydrogen-bond acceptors (Lipinski definition) is 3. The molecule has 5 nitrogen and oxygen atoms in total. The highest BCUT2D eigenvalue weighted by Crippen LogP contribution is 2.16. The number of aryl methyl sites for hydroxylation is 1. The number of amides is 2. The Balaban J connectivity index is 2.29. The predicted molar refractivity (Wildman–Crippen MR) is 75.4 cm³/mol. The molecule has 0 saturated carbocycles. The molecule has 0 aromatic carbocycles. The maximum atomic E-state index is 11.6. The molecular weight excluding hydrogens is 264 g/mol. The van der Waals surface area contributed by atoms with Gasteiger partial charge in [-0.25, -0.2) is 4.79 Å². The summed E-state index contributed by atoms with van der Waals surface area (Å²) >= 11 is 1.63. The third kappa shape index (κ3) is 5.74. The van der Waals surface area contributed by atoms with Crippen LogP contribution >= 0.6 is 11.3 Å². The van der Waals surface area contributed by atoms with Gasteiger partial charge in [-0.3, -0.25) is 4.79 Å². The third-order valence-electron chi connectivity index (χ3n) is 2.80. The minimum absolute atomic E-state index is 0.0619. The number of rotatable bonds is 7. The van der Waals surface area contributed by atoms with Crippen molar-refractivity contribution in [1.29, 1.82) is 0 Å². The molecule has 0 aliphatic carbocycles. The summed E-state index contributed by atoms with van der Waals surface area (Å²) in [4.78, 5) is 23.2. The Bertz CT molecular complexity index is 431. The van der Waals surface area contributed by atoms with E-state index in [1.807, 2.05) is 5.38 Å². The highest BCUT2D eigenvalue weighted by Gasteiger charge is 2.09. The first-order valence-corrected chi connectivity index (χ1v) is 7.22. The standard InChI is InChI=1S/C13H20N2O3S/c1-3-10-6-7-19-11(10)8-14-13(18)15-9(2)4-5-12(16)17/h6-7,9H,3-5,8H2,1-2H3,(H,16,17)(H2,14,15,18). The quantitative estimate of drug-likeness (QED) is 0.719. The number of carboxylic acids is 1. The van der Waals surface area contributed by atoms with Crippen LogP contribution in [0, 0.1) is 0 Å². The highest BCUT2D eigenvalue weighted by molar-refractivity contribution is 7.10. The Kier molecular flexibility index (Phi) is 6.35. The SMILES string of the molecule is CCc1ccsc1CNC(=O)NC(C)CCC(=O)O. The summed E-state index contributed by atoms with van der Waals surface area (Å²) in [6.07, 6.45) is 1.45. The molecule has 1 heterocycles. The second-order valence-corrected chi connectivity index (χ2v) is 5.38. The van der Waals surface area contributed by atoms with Crippen molar-refractivity contribution >= 4 is 23.3 Å². The van der Waals surface area contributed by atoms with E-state index in [1.165, 1.54) is 5.56 Å². The lowest BCUT2D eigenvalue weighted by atomic mass is 10.2. The van der Waals surface area contributed by atoms with E-state index in [9.17, 15) is 9.59 Å². The summed E-state index contributed by atoms with van der Waals surface area (Å²) in [5.41, 5.74) is 1.25. The fourth-order valence-electron chi connectivity index (χ4n) is 1.68. The summed E-state index contributed by atoms with van der Waals surface area (Å²) in [5.74, 6) is -0.847. The zero-order valence-electron chi connectivity index (χ0n) is 11.2. The van der Waals surface area contributed by atoms with Crippen LogP contribution in [0.5, 0.6) is 0 Å². The maximum Gasteiger partial charge on any atom is 0.315 e. The van der Waals surface area contributed by atoms with Gasteiger partial charge in [-0.1, -0.05) is 6.92 Å². The van der Waals surface area contributed by atoms with Crippen LogP contribution in [-0.2, 0) is 17.8 Å². The summed E-state index contributed by atoms with van der Waals surface area (Å²) < 4.78 is 0. The first-order chi connectivity index (χ1) is 9.02. The van der Waals surface area contributed by atoms with Gasteiger partial charge in [0.05, 0.1) is 6.54 Å². The van der Waals surface area contributed by atoms with Crippen molar-refractivity contribution in [3.05, 3.63) is 21.9 Å². The van der Waals surface area contributed by atoms with Crippen molar-refractivity contribution in [1.82, 2.24) is 10.6 Å². The molecule has 1 rings (SSSR count). The third-order valence-corrected chi connectivity index (χ3v) is 3.76. The first-order valence-electron chi connectivity index (χ1n) is 6.34. The van der Waals surface area contributed by atoms with E-state index in [-0.39, 0.29) is 18.5 Å². The molecule has 6 heteroatoms. The number of carbonyl (C=O) groups is 2. The molecule has 1 atom stereocenters. The summed E-state index contributed by atoms with van der Waals surface area (Å²) in [7, 11) is 0. The Morgan fingerprint density at radius 1 is 1.47 bits per heavy atom. The van der Waals surface area contributed by atoms with E-state index in [1.54, 1.807) is 18.3 Å². The van der Waals surface area contributed by atoms with E-state index < -0.39 is 5.97 Å². The molecule has 0 spiro atoms. The minimum atomic E-state index is -0.847. The van der Waals surface area contributed by atoms with Gasteiger partial charge in [-0.2, -0.15) is 0 Å². The van der Waals surface area contributed by atoms with Crippen LogP contribution in [0.15, 0.2) is 11.4 Å². The molecule has 1 aromatic heterocycles. The van der Waals surface area contributed by atoms with E-state index in [0.717, 1.165) is 11.3 Å². The molecule has 106 valence electrons. The molecule has 0 radical (unpaired) electrons. The van der Waals surface area contributed by atoms with Crippen LogP contribution in [0.3, 0.4) is 0 Å². The smallest absolute Gasteiger partial charge is 0.315 e. The topological polar surface area (TPSA) is 78.4 Å². The fourth-order valence-corrected chi connectivity index (χ4v) is 2.60. The van der Waals surface area contributed by atoms with Gasteiger partial charge in [-0.15, -0.1) is 11.3 Å². The van der Waals surface area contributed by atoms with Crippen LogP contribution in [-0.4, -0.2) is 23.1 Å². The fraction of sp³-hybridized carbons (Fsp3) is 0.538. The molecule has 2 amide bonds. The van der Waals surface area contributed by atoms with Gasteiger partial charge in [0.2, 0.25) is 0 Å². The van der Waals surface area contributed by atoms with Gasteiger partial charge < -0.3 is 15.7 Å². The molecule has 0 aliphatic rings. The number of aliphatic carboxylic acids is 1. The largest absolute Gasteiger partial charge is 0.481 e. The van der Waals surface area contributed by atoms with Crippen LogP contribution in [0.25, 0.3) is 0 Å². The molecule has 0 bridgehead atoms. The van der Waals surface area contributed by atoms with E-state index in [4.69, 9.17) is 5.11 Å². The van der Waals surface area contributed by atoms with Crippen molar-refractivity contribution in [3.8, 4) is 0 Å². The molecule has 1 unspecified atom stereocenters. The number of hydrogen-bond donors (Lipinski definition) is 3. The second kappa shape index (κ2) is 7.78. The number of carbonyl (C=O) groups excluding carboxylic acids is 1. The van der Waals surface area contributed by atoms with Crippen LogP contribution < -0.4 is 10.6 Å².